The molecule has 1 amide bonds. The number of rotatable bonds is 8. The van der Waals surface area contributed by atoms with Crippen LogP contribution in [0.5, 0.6) is 11.5 Å². The van der Waals surface area contributed by atoms with Gasteiger partial charge in [-0.2, -0.15) is 0 Å². The Bertz CT molecular complexity index is 1340. The lowest BCUT2D eigenvalue weighted by Gasteiger charge is -2.17. The van der Waals surface area contributed by atoms with Crippen molar-refractivity contribution in [2.45, 2.75) is 33.8 Å². The largest absolute Gasteiger partial charge is 0.494 e. The Morgan fingerprint density at radius 2 is 1.71 bits per heavy atom. The monoisotopic (exact) mass is 457 g/mol. The van der Waals surface area contributed by atoms with Crippen LogP contribution in [0.3, 0.4) is 0 Å². The van der Waals surface area contributed by atoms with Crippen molar-refractivity contribution in [2.24, 2.45) is 0 Å². The second-order valence-electron chi connectivity index (χ2n) is 8.04. The first-order chi connectivity index (χ1) is 16.4. The summed E-state index contributed by atoms with van der Waals surface area (Å²) in [4.78, 5) is 26.4. The van der Waals surface area contributed by atoms with Gasteiger partial charge in [-0.3, -0.25) is 9.59 Å². The summed E-state index contributed by atoms with van der Waals surface area (Å²) < 4.78 is 17.3. The topological polar surface area (TPSA) is 77.8 Å². The van der Waals surface area contributed by atoms with Crippen molar-refractivity contribution in [3.8, 4) is 11.5 Å². The summed E-state index contributed by atoms with van der Waals surface area (Å²) in [6.07, 6.45) is -0.789. The number of fused-ring (bicyclic) bond motifs is 1. The van der Waals surface area contributed by atoms with E-state index in [4.69, 9.17) is 13.9 Å². The van der Waals surface area contributed by atoms with Gasteiger partial charge < -0.3 is 19.2 Å². The van der Waals surface area contributed by atoms with Gasteiger partial charge in [-0.15, -0.1) is 0 Å². The third kappa shape index (κ3) is 4.66. The van der Waals surface area contributed by atoms with E-state index in [0.29, 0.717) is 40.3 Å². The second kappa shape index (κ2) is 9.83. The summed E-state index contributed by atoms with van der Waals surface area (Å²) in [5, 5.41) is 3.51. The maximum atomic E-state index is 13.3. The van der Waals surface area contributed by atoms with Gasteiger partial charge in [-0.25, -0.2) is 0 Å². The summed E-state index contributed by atoms with van der Waals surface area (Å²) in [6.45, 7) is 8.05. The molecule has 0 radical (unpaired) electrons. The average molecular weight is 458 g/mol. The predicted molar refractivity (Wildman–Crippen MR) is 132 cm³/mol. The summed E-state index contributed by atoms with van der Waals surface area (Å²) in [5.74, 6) is 0.670. The van der Waals surface area contributed by atoms with E-state index in [9.17, 15) is 9.59 Å². The van der Waals surface area contributed by atoms with Crippen molar-refractivity contribution in [1.82, 2.24) is 0 Å². The van der Waals surface area contributed by atoms with Crippen LogP contribution in [0.15, 0.2) is 71.1 Å². The van der Waals surface area contributed by atoms with E-state index < -0.39 is 6.10 Å². The van der Waals surface area contributed by atoms with Crippen LogP contribution in [0.25, 0.3) is 11.0 Å². The minimum Gasteiger partial charge on any atom is -0.494 e. The second-order valence-corrected chi connectivity index (χ2v) is 8.04. The Morgan fingerprint density at radius 1 is 0.971 bits per heavy atom. The van der Waals surface area contributed by atoms with Gasteiger partial charge in [0.15, 0.2) is 11.9 Å². The first-order valence-corrected chi connectivity index (χ1v) is 11.2. The molecule has 0 fully saturated rings. The zero-order chi connectivity index (χ0) is 24.2. The van der Waals surface area contributed by atoms with E-state index in [-0.39, 0.29) is 17.5 Å². The molecule has 4 aromatic rings. The lowest BCUT2D eigenvalue weighted by Crippen LogP contribution is -2.30. The molecule has 1 heterocycles. The minimum atomic E-state index is -0.789. The molecule has 0 spiro atoms. The van der Waals surface area contributed by atoms with Crippen LogP contribution < -0.4 is 14.8 Å². The van der Waals surface area contributed by atoms with Gasteiger partial charge in [0.1, 0.15) is 17.1 Å². The number of amides is 1. The van der Waals surface area contributed by atoms with Gasteiger partial charge in [-0.05, 0) is 81.3 Å². The number of benzene rings is 3. The van der Waals surface area contributed by atoms with Crippen LogP contribution >= 0.6 is 0 Å². The molecule has 174 valence electrons. The van der Waals surface area contributed by atoms with E-state index in [1.165, 1.54) is 0 Å². The third-order valence-electron chi connectivity index (χ3n) is 5.71. The highest BCUT2D eigenvalue weighted by molar-refractivity contribution is 6.17. The smallest absolute Gasteiger partial charge is 0.265 e. The molecule has 34 heavy (non-hydrogen) atoms. The van der Waals surface area contributed by atoms with Crippen LogP contribution in [-0.2, 0) is 4.79 Å². The summed E-state index contributed by atoms with van der Waals surface area (Å²) in [6, 6.07) is 19.7. The number of hydrogen-bond acceptors (Lipinski definition) is 5. The molecule has 6 heteroatoms. The highest BCUT2D eigenvalue weighted by Gasteiger charge is 2.26. The van der Waals surface area contributed by atoms with Gasteiger partial charge in [-0.1, -0.05) is 24.3 Å². The number of para-hydroxylation sites is 1. The molecule has 1 N–H and O–H groups in total. The van der Waals surface area contributed by atoms with Crippen molar-refractivity contribution < 1.29 is 23.5 Å². The van der Waals surface area contributed by atoms with Crippen LogP contribution in [0.2, 0.25) is 0 Å². The maximum absolute atomic E-state index is 13.3. The van der Waals surface area contributed by atoms with Crippen LogP contribution in [0.1, 0.15) is 41.1 Å². The molecule has 0 saturated carbocycles. The Kier molecular flexibility index (Phi) is 6.68. The van der Waals surface area contributed by atoms with Gasteiger partial charge >= 0.3 is 0 Å². The molecule has 1 aromatic heterocycles. The molecule has 1 atom stereocenters. The van der Waals surface area contributed by atoms with Gasteiger partial charge in [0, 0.05) is 10.9 Å². The van der Waals surface area contributed by atoms with E-state index >= 15 is 0 Å². The highest BCUT2D eigenvalue weighted by atomic mass is 16.5. The Morgan fingerprint density at radius 3 is 2.44 bits per heavy atom. The van der Waals surface area contributed by atoms with Crippen molar-refractivity contribution in [1.29, 1.82) is 0 Å². The first-order valence-electron chi connectivity index (χ1n) is 11.2. The van der Waals surface area contributed by atoms with Crippen LogP contribution in [0, 0.1) is 13.8 Å². The quantitative estimate of drug-likeness (QED) is 0.324. The van der Waals surface area contributed by atoms with E-state index in [2.05, 4.69) is 5.32 Å². The van der Waals surface area contributed by atoms with Crippen molar-refractivity contribution in [3.05, 3.63) is 89.2 Å². The average Bonchev–Trinajstić information content (AvgIpc) is 3.20. The number of carbonyl (C=O) groups excluding carboxylic acids is 2. The molecule has 0 aliphatic rings. The maximum Gasteiger partial charge on any atom is 0.265 e. The number of ether oxygens (including phenoxy) is 2. The first kappa shape index (κ1) is 23.1. The van der Waals surface area contributed by atoms with E-state index in [1.807, 2.05) is 51.1 Å². The van der Waals surface area contributed by atoms with E-state index in [1.54, 1.807) is 43.3 Å². The standard InChI is InChI=1S/C28H27NO5/c1-5-32-21-15-13-20(14-16-21)26(30)27-25(22-10-6-7-11-24(22)34-27)29-28(31)19(4)33-23-12-8-9-17(2)18(23)3/h6-16,19H,5H2,1-4H3,(H,29,31). The van der Waals surface area contributed by atoms with Crippen LogP contribution in [0.4, 0.5) is 5.69 Å². The summed E-state index contributed by atoms with van der Waals surface area (Å²) >= 11 is 0. The van der Waals surface area contributed by atoms with Gasteiger partial charge in [0.05, 0.1) is 12.3 Å². The molecular weight excluding hydrogens is 430 g/mol. The fraction of sp³-hybridized carbons (Fsp3) is 0.214. The summed E-state index contributed by atoms with van der Waals surface area (Å²) in [7, 11) is 0. The molecule has 3 aromatic carbocycles. The fourth-order valence-electron chi connectivity index (χ4n) is 3.65. The number of hydrogen-bond donors (Lipinski definition) is 1. The molecule has 0 aliphatic carbocycles. The van der Waals surface area contributed by atoms with E-state index in [0.717, 1.165) is 11.1 Å². The number of anilines is 1. The van der Waals surface area contributed by atoms with Crippen LogP contribution in [-0.4, -0.2) is 24.4 Å². The molecule has 0 bridgehead atoms. The van der Waals surface area contributed by atoms with Gasteiger partial charge in [0.25, 0.3) is 5.91 Å². The molecular formula is C28H27NO5. The SMILES string of the molecule is CCOc1ccc(C(=O)c2oc3ccccc3c2NC(=O)C(C)Oc2cccc(C)c2C)cc1. The lowest BCUT2D eigenvalue weighted by atomic mass is 10.1. The zero-order valence-electron chi connectivity index (χ0n) is 19.7. The number of aryl methyl sites for hydroxylation is 1. The Hall–Kier alpha value is -4.06. The third-order valence-corrected chi connectivity index (χ3v) is 5.71. The molecule has 0 saturated heterocycles. The predicted octanol–water partition coefficient (Wildman–Crippen LogP) is 6.09. The normalized spacial score (nSPS) is 11.8. The molecule has 6 nitrogen and oxygen atoms in total. The number of furan rings is 1. The Labute approximate surface area is 198 Å². The zero-order valence-corrected chi connectivity index (χ0v) is 19.7. The van der Waals surface area contributed by atoms with Crippen molar-refractivity contribution in [2.75, 3.05) is 11.9 Å². The van der Waals surface area contributed by atoms with Crippen molar-refractivity contribution in [3.63, 3.8) is 0 Å². The molecule has 4 rings (SSSR count). The summed E-state index contributed by atoms with van der Waals surface area (Å²) in [5.41, 5.74) is 3.32. The highest BCUT2D eigenvalue weighted by Crippen LogP contribution is 2.33. The van der Waals surface area contributed by atoms with Crippen molar-refractivity contribution >= 4 is 28.3 Å². The molecule has 1 unspecified atom stereocenters. The number of carbonyl (C=O) groups is 2. The van der Waals surface area contributed by atoms with Gasteiger partial charge in [0.2, 0.25) is 5.78 Å². The lowest BCUT2D eigenvalue weighted by molar-refractivity contribution is -0.122. The number of nitrogens with one attached hydrogen (secondary N) is 1. The fourth-order valence-corrected chi connectivity index (χ4v) is 3.65. The Balaban J connectivity index is 1.62. The minimum absolute atomic E-state index is 0.0673. The molecule has 0 aliphatic heterocycles. The number of ketones is 1.